The molecule has 6 heteroatoms. The Morgan fingerprint density at radius 2 is 2.35 bits per heavy atom. The Hall–Kier alpha value is -0.980. The van der Waals surface area contributed by atoms with Crippen LogP contribution in [-0.4, -0.2) is 47.2 Å². The lowest BCUT2D eigenvalue weighted by atomic mass is 10.4. The minimum atomic E-state index is 0.723. The summed E-state index contributed by atoms with van der Waals surface area (Å²) in [6, 6.07) is 1.98. The van der Waals surface area contributed by atoms with E-state index in [0.717, 1.165) is 41.2 Å². The van der Waals surface area contributed by atoms with Crippen molar-refractivity contribution >= 4 is 27.1 Å². The summed E-state index contributed by atoms with van der Waals surface area (Å²) in [6.07, 6.45) is 1.75. The molecule has 92 valence electrons. The fourth-order valence-electron chi connectivity index (χ4n) is 1.58. The van der Waals surface area contributed by atoms with Crippen molar-refractivity contribution in [2.24, 2.45) is 0 Å². The van der Waals surface area contributed by atoms with Gasteiger partial charge >= 0.3 is 0 Å². The van der Waals surface area contributed by atoms with Gasteiger partial charge in [-0.1, -0.05) is 0 Å². The summed E-state index contributed by atoms with van der Waals surface area (Å²) in [4.78, 5) is 14.1. The number of aromatic nitrogens is 3. The van der Waals surface area contributed by atoms with Gasteiger partial charge in [-0.15, -0.1) is 0 Å². The van der Waals surface area contributed by atoms with Crippen molar-refractivity contribution in [2.45, 2.75) is 6.54 Å². The Balaban J connectivity index is 2.08. The van der Waals surface area contributed by atoms with Crippen molar-refractivity contribution in [3.63, 3.8) is 0 Å². The molecule has 0 fully saturated rings. The van der Waals surface area contributed by atoms with Crippen LogP contribution < -0.4 is 0 Å². The van der Waals surface area contributed by atoms with E-state index in [-0.39, 0.29) is 0 Å². The monoisotopic (exact) mass is 298 g/mol. The molecule has 0 aliphatic heterocycles. The van der Waals surface area contributed by atoms with E-state index >= 15 is 0 Å². The molecule has 0 aromatic carbocycles. The predicted molar refractivity (Wildman–Crippen MR) is 69.8 cm³/mol. The highest BCUT2D eigenvalue weighted by atomic mass is 79.9. The van der Waals surface area contributed by atoms with Gasteiger partial charge in [0.1, 0.15) is 5.82 Å². The molecule has 0 saturated carbocycles. The van der Waals surface area contributed by atoms with Crippen LogP contribution in [0.2, 0.25) is 0 Å². The van der Waals surface area contributed by atoms with E-state index in [2.05, 4.69) is 35.8 Å². The number of pyridine rings is 1. The molecule has 2 heterocycles. The summed E-state index contributed by atoms with van der Waals surface area (Å²) >= 11 is 3.39. The maximum absolute atomic E-state index is 5.03. The van der Waals surface area contributed by atoms with Crippen LogP contribution in [0.3, 0.4) is 0 Å². The summed E-state index contributed by atoms with van der Waals surface area (Å²) in [5.74, 6) is 0.921. The van der Waals surface area contributed by atoms with Gasteiger partial charge in [-0.25, -0.2) is 9.97 Å². The molecule has 5 nitrogen and oxygen atoms in total. The number of nitrogens with zero attached hydrogens (tertiary/aromatic N) is 3. The number of imidazole rings is 1. The lowest BCUT2D eigenvalue weighted by molar-refractivity contribution is 0.157. The predicted octanol–water partition coefficient (Wildman–Crippen LogP) is 1.80. The first kappa shape index (κ1) is 12.5. The summed E-state index contributed by atoms with van der Waals surface area (Å²) in [6.45, 7) is 2.36. The number of likely N-dealkylation sites (N-methyl/N-ethyl adjacent to an activating group) is 1. The number of hydrogen-bond donors (Lipinski definition) is 1. The first-order valence-electron chi connectivity index (χ1n) is 5.36. The highest BCUT2D eigenvalue weighted by Gasteiger charge is 2.06. The van der Waals surface area contributed by atoms with Gasteiger partial charge in [0, 0.05) is 24.3 Å². The maximum Gasteiger partial charge on any atom is 0.177 e. The standard InChI is InChI=1S/C11H15BrN4O/c1-16(3-4-17-2)7-10-14-9-5-8(12)6-13-11(9)15-10/h5-6H,3-4,7H2,1-2H3,(H,13,14,15). The van der Waals surface area contributed by atoms with E-state index in [0.29, 0.717) is 0 Å². The van der Waals surface area contributed by atoms with Gasteiger partial charge in [0.05, 0.1) is 18.7 Å². The van der Waals surface area contributed by atoms with E-state index in [9.17, 15) is 0 Å². The summed E-state index contributed by atoms with van der Waals surface area (Å²) in [7, 11) is 3.74. The normalized spacial score (nSPS) is 11.5. The molecule has 0 spiro atoms. The van der Waals surface area contributed by atoms with Crippen LogP contribution in [0.15, 0.2) is 16.7 Å². The fraction of sp³-hybridized carbons (Fsp3) is 0.455. The SMILES string of the molecule is COCCN(C)Cc1nc2ncc(Br)cc2[nH]1. The Morgan fingerprint density at radius 1 is 1.53 bits per heavy atom. The second kappa shape index (κ2) is 5.57. The van der Waals surface area contributed by atoms with Crippen LogP contribution >= 0.6 is 15.9 Å². The lowest BCUT2D eigenvalue weighted by Gasteiger charge is -2.13. The minimum absolute atomic E-state index is 0.723. The quantitative estimate of drug-likeness (QED) is 0.914. The number of aromatic amines is 1. The van der Waals surface area contributed by atoms with Gasteiger partial charge in [-0.05, 0) is 29.0 Å². The first-order chi connectivity index (χ1) is 8.19. The number of nitrogens with one attached hydrogen (secondary N) is 1. The molecule has 2 aromatic heterocycles. The summed E-state index contributed by atoms with van der Waals surface area (Å²) < 4.78 is 5.99. The smallest absolute Gasteiger partial charge is 0.177 e. The van der Waals surface area contributed by atoms with Crippen molar-refractivity contribution < 1.29 is 4.74 Å². The largest absolute Gasteiger partial charge is 0.383 e. The zero-order valence-corrected chi connectivity index (χ0v) is 11.5. The number of H-pyrrole nitrogens is 1. The Bertz CT molecular complexity index is 499. The van der Waals surface area contributed by atoms with Crippen molar-refractivity contribution in [1.82, 2.24) is 19.9 Å². The Labute approximate surface area is 108 Å². The number of ether oxygens (including phenoxy) is 1. The minimum Gasteiger partial charge on any atom is -0.383 e. The number of rotatable bonds is 5. The summed E-state index contributed by atoms with van der Waals surface area (Å²) in [5.41, 5.74) is 1.71. The molecule has 0 aliphatic rings. The molecule has 0 unspecified atom stereocenters. The average molecular weight is 299 g/mol. The van der Waals surface area contributed by atoms with Gasteiger partial charge in [-0.2, -0.15) is 0 Å². The molecule has 2 aromatic rings. The number of methoxy groups -OCH3 is 1. The van der Waals surface area contributed by atoms with Crippen LogP contribution in [-0.2, 0) is 11.3 Å². The van der Waals surface area contributed by atoms with Gasteiger partial charge < -0.3 is 9.72 Å². The molecule has 17 heavy (non-hydrogen) atoms. The summed E-state index contributed by atoms with van der Waals surface area (Å²) in [5, 5.41) is 0. The highest BCUT2D eigenvalue weighted by Crippen LogP contribution is 2.15. The number of fused-ring (bicyclic) bond motifs is 1. The lowest BCUT2D eigenvalue weighted by Crippen LogP contribution is -2.22. The molecule has 2 rings (SSSR count). The van der Waals surface area contributed by atoms with Gasteiger partial charge in [-0.3, -0.25) is 4.90 Å². The molecule has 0 saturated heterocycles. The maximum atomic E-state index is 5.03. The molecule has 0 radical (unpaired) electrons. The third-order valence-electron chi connectivity index (χ3n) is 2.45. The molecular formula is C11H15BrN4O. The number of hydrogen-bond acceptors (Lipinski definition) is 4. The van der Waals surface area contributed by atoms with Crippen molar-refractivity contribution in [3.05, 3.63) is 22.6 Å². The molecule has 1 N–H and O–H groups in total. The van der Waals surface area contributed by atoms with Crippen LogP contribution in [0.5, 0.6) is 0 Å². The zero-order valence-electron chi connectivity index (χ0n) is 9.90. The third kappa shape index (κ3) is 3.24. The second-order valence-electron chi connectivity index (χ2n) is 3.94. The van der Waals surface area contributed by atoms with Crippen molar-refractivity contribution in [3.8, 4) is 0 Å². The van der Waals surface area contributed by atoms with E-state index < -0.39 is 0 Å². The van der Waals surface area contributed by atoms with Crippen LogP contribution in [0, 0.1) is 0 Å². The molecule has 0 atom stereocenters. The first-order valence-corrected chi connectivity index (χ1v) is 6.16. The van der Waals surface area contributed by atoms with E-state index in [1.54, 1.807) is 13.3 Å². The van der Waals surface area contributed by atoms with Gasteiger partial charge in [0.2, 0.25) is 0 Å². The zero-order chi connectivity index (χ0) is 12.3. The molecule has 0 amide bonds. The molecular weight excluding hydrogens is 284 g/mol. The van der Waals surface area contributed by atoms with Crippen molar-refractivity contribution in [1.29, 1.82) is 0 Å². The van der Waals surface area contributed by atoms with Crippen LogP contribution in [0.25, 0.3) is 11.2 Å². The van der Waals surface area contributed by atoms with Crippen LogP contribution in [0.4, 0.5) is 0 Å². The van der Waals surface area contributed by atoms with E-state index in [1.807, 2.05) is 13.1 Å². The van der Waals surface area contributed by atoms with Gasteiger partial charge in [0.25, 0.3) is 0 Å². The van der Waals surface area contributed by atoms with E-state index in [1.165, 1.54) is 0 Å². The average Bonchev–Trinajstić information content (AvgIpc) is 2.67. The van der Waals surface area contributed by atoms with Crippen LogP contribution in [0.1, 0.15) is 5.82 Å². The number of halogens is 1. The Morgan fingerprint density at radius 3 is 3.12 bits per heavy atom. The fourth-order valence-corrected chi connectivity index (χ4v) is 1.91. The van der Waals surface area contributed by atoms with E-state index in [4.69, 9.17) is 4.74 Å². The van der Waals surface area contributed by atoms with Gasteiger partial charge in [0.15, 0.2) is 5.65 Å². The molecule has 0 bridgehead atoms. The molecule has 0 aliphatic carbocycles. The third-order valence-corrected chi connectivity index (χ3v) is 2.88. The topological polar surface area (TPSA) is 54.0 Å². The second-order valence-corrected chi connectivity index (χ2v) is 4.85. The van der Waals surface area contributed by atoms with Crippen molar-refractivity contribution in [2.75, 3.05) is 27.3 Å². The highest BCUT2D eigenvalue weighted by molar-refractivity contribution is 9.10. The Kier molecular flexibility index (Phi) is 4.09.